The first-order valence-corrected chi connectivity index (χ1v) is 8.82. The van der Waals surface area contributed by atoms with Crippen LogP contribution in [0.4, 0.5) is 11.6 Å². The van der Waals surface area contributed by atoms with Gasteiger partial charge in [-0.3, -0.25) is 4.79 Å². The lowest BCUT2D eigenvalue weighted by atomic mass is 10.1. The van der Waals surface area contributed by atoms with E-state index in [-0.39, 0.29) is 5.91 Å². The molecule has 0 bridgehead atoms. The summed E-state index contributed by atoms with van der Waals surface area (Å²) < 4.78 is 1.97. The summed E-state index contributed by atoms with van der Waals surface area (Å²) >= 11 is 0. The van der Waals surface area contributed by atoms with Gasteiger partial charge >= 0.3 is 0 Å². The molecule has 140 valence electrons. The molecule has 0 aliphatic heterocycles. The molecule has 0 aliphatic rings. The minimum Gasteiger partial charge on any atom is -0.363 e. The predicted octanol–water partition coefficient (Wildman–Crippen LogP) is 3.35. The van der Waals surface area contributed by atoms with Gasteiger partial charge in [-0.2, -0.15) is 0 Å². The van der Waals surface area contributed by atoms with Crippen LogP contribution >= 0.6 is 0 Å². The number of aryl methyl sites for hydroxylation is 1. The molecular formula is C21H20N6O. The van der Waals surface area contributed by atoms with E-state index in [4.69, 9.17) is 0 Å². The Labute approximate surface area is 162 Å². The summed E-state index contributed by atoms with van der Waals surface area (Å²) in [5, 5.41) is 4.86. The standard InChI is InChI=1S/C21H20N6O/c1-26(2)20-10-15(6-7-23-20)21(28)25-19-9-17-8-14(4-5-16(17)11-24-19)18-12-22-13-27(18)3/h4-13H,1-3H3,(H,24,25,28). The average molecular weight is 372 g/mol. The molecule has 3 heterocycles. The Morgan fingerprint density at radius 2 is 1.89 bits per heavy atom. The smallest absolute Gasteiger partial charge is 0.257 e. The molecule has 7 heteroatoms. The molecule has 1 aromatic carbocycles. The van der Waals surface area contributed by atoms with Gasteiger partial charge in [-0.25, -0.2) is 15.0 Å². The Bertz CT molecular complexity index is 1160. The van der Waals surface area contributed by atoms with Crippen LogP contribution < -0.4 is 10.2 Å². The minimum absolute atomic E-state index is 0.222. The minimum atomic E-state index is -0.222. The van der Waals surface area contributed by atoms with Gasteiger partial charge in [0.15, 0.2) is 0 Å². The fourth-order valence-corrected chi connectivity index (χ4v) is 3.00. The van der Waals surface area contributed by atoms with Gasteiger partial charge in [-0.15, -0.1) is 0 Å². The number of nitrogens with one attached hydrogen (secondary N) is 1. The highest BCUT2D eigenvalue weighted by Crippen LogP contribution is 2.25. The molecule has 0 saturated heterocycles. The van der Waals surface area contributed by atoms with Crippen LogP contribution in [-0.4, -0.2) is 39.5 Å². The Morgan fingerprint density at radius 3 is 2.64 bits per heavy atom. The molecule has 7 nitrogen and oxygen atoms in total. The molecule has 0 fully saturated rings. The topological polar surface area (TPSA) is 75.9 Å². The number of aromatic nitrogens is 4. The summed E-state index contributed by atoms with van der Waals surface area (Å²) in [7, 11) is 5.73. The van der Waals surface area contributed by atoms with E-state index >= 15 is 0 Å². The quantitative estimate of drug-likeness (QED) is 0.595. The molecule has 0 spiro atoms. The molecule has 0 atom stereocenters. The molecule has 0 radical (unpaired) electrons. The fourth-order valence-electron chi connectivity index (χ4n) is 3.00. The van der Waals surface area contributed by atoms with Gasteiger partial charge in [-0.1, -0.05) is 12.1 Å². The second-order valence-electron chi connectivity index (χ2n) is 6.77. The maximum Gasteiger partial charge on any atom is 0.257 e. The Balaban J connectivity index is 1.63. The second kappa shape index (κ2) is 7.11. The maximum absolute atomic E-state index is 12.6. The van der Waals surface area contributed by atoms with Crippen LogP contribution in [-0.2, 0) is 7.05 Å². The molecule has 4 rings (SSSR count). The van der Waals surface area contributed by atoms with Crippen molar-refractivity contribution in [1.29, 1.82) is 0 Å². The lowest BCUT2D eigenvalue weighted by Crippen LogP contribution is -2.15. The third-order valence-corrected chi connectivity index (χ3v) is 4.54. The molecule has 4 aromatic rings. The highest BCUT2D eigenvalue weighted by Gasteiger charge is 2.10. The summed E-state index contributed by atoms with van der Waals surface area (Å²) in [6.07, 6.45) is 6.99. The number of amides is 1. The first kappa shape index (κ1) is 17.7. The number of hydrogen-bond donors (Lipinski definition) is 1. The van der Waals surface area contributed by atoms with E-state index in [9.17, 15) is 4.79 Å². The summed E-state index contributed by atoms with van der Waals surface area (Å²) in [5.41, 5.74) is 2.61. The van der Waals surface area contributed by atoms with Crippen molar-refractivity contribution in [3.05, 3.63) is 66.9 Å². The van der Waals surface area contributed by atoms with Crippen LogP contribution in [0.2, 0.25) is 0 Å². The van der Waals surface area contributed by atoms with Crippen molar-refractivity contribution in [3.63, 3.8) is 0 Å². The van der Waals surface area contributed by atoms with Crippen LogP contribution in [0.25, 0.3) is 22.0 Å². The van der Waals surface area contributed by atoms with Crippen molar-refractivity contribution in [1.82, 2.24) is 19.5 Å². The predicted molar refractivity (Wildman–Crippen MR) is 110 cm³/mol. The van der Waals surface area contributed by atoms with E-state index in [1.54, 1.807) is 30.9 Å². The van der Waals surface area contributed by atoms with Crippen molar-refractivity contribution in [2.24, 2.45) is 7.05 Å². The van der Waals surface area contributed by atoms with Crippen LogP contribution in [0.15, 0.2) is 61.3 Å². The van der Waals surface area contributed by atoms with Gasteiger partial charge in [-0.05, 0) is 29.7 Å². The van der Waals surface area contributed by atoms with E-state index < -0.39 is 0 Å². The Hall–Kier alpha value is -3.74. The maximum atomic E-state index is 12.6. The second-order valence-corrected chi connectivity index (χ2v) is 6.77. The zero-order chi connectivity index (χ0) is 19.7. The molecule has 0 saturated carbocycles. The number of fused-ring (bicyclic) bond motifs is 1. The number of nitrogens with zero attached hydrogens (tertiary/aromatic N) is 5. The number of hydrogen-bond acceptors (Lipinski definition) is 5. The van der Waals surface area contributed by atoms with E-state index in [0.29, 0.717) is 11.4 Å². The molecule has 0 aliphatic carbocycles. The fraction of sp³-hybridized carbons (Fsp3) is 0.143. The third-order valence-electron chi connectivity index (χ3n) is 4.54. The van der Waals surface area contributed by atoms with Crippen molar-refractivity contribution in [3.8, 4) is 11.3 Å². The van der Waals surface area contributed by atoms with E-state index in [2.05, 4.69) is 26.3 Å². The van der Waals surface area contributed by atoms with Crippen molar-refractivity contribution < 1.29 is 4.79 Å². The first-order chi connectivity index (χ1) is 13.5. The van der Waals surface area contributed by atoms with Crippen LogP contribution in [0.3, 0.4) is 0 Å². The molecule has 1 amide bonds. The summed E-state index contributed by atoms with van der Waals surface area (Å²) in [6.45, 7) is 0. The number of imidazole rings is 1. The molecule has 1 N–H and O–H groups in total. The Morgan fingerprint density at radius 1 is 1.04 bits per heavy atom. The number of carbonyl (C=O) groups excluding carboxylic acids is 1. The molecular weight excluding hydrogens is 352 g/mol. The largest absolute Gasteiger partial charge is 0.363 e. The third kappa shape index (κ3) is 3.42. The lowest BCUT2D eigenvalue weighted by Gasteiger charge is -2.12. The van der Waals surface area contributed by atoms with Crippen molar-refractivity contribution in [2.75, 3.05) is 24.3 Å². The highest BCUT2D eigenvalue weighted by molar-refractivity contribution is 6.05. The number of anilines is 2. The molecule has 28 heavy (non-hydrogen) atoms. The number of rotatable bonds is 4. The van der Waals surface area contributed by atoms with E-state index in [1.165, 1.54) is 0 Å². The number of carbonyl (C=O) groups is 1. The van der Waals surface area contributed by atoms with Gasteiger partial charge in [0.05, 0.1) is 18.2 Å². The first-order valence-electron chi connectivity index (χ1n) is 8.82. The van der Waals surface area contributed by atoms with E-state index in [1.807, 2.05) is 55.0 Å². The van der Waals surface area contributed by atoms with Gasteiger partial charge in [0.1, 0.15) is 11.6 Å². The zero-order valence-corrected chi connectivity index (χ0v) is 15.9. The summed E-state index contributed by atoms with van der Waals surface area (Å²) in [5.74, 6) is 1.00. The SMILES string of the molecule is CN(C)c1cc(C(=O)Nc2cc3cc(-c4cncn4C)ccc3cn2)ccn1. The average Bonchev–Trinajstić information content (AvgIpc) is 3.13. The van der Waals surface area contributed by atoms with Crippen LogP contribution in [0, 0.1) is 0 Å². The monoisotopic (exact) mass is 372 g/mol. The van der Waals surface area contributed by atoms with Gasteiger partial charge in [0, 0.05) is 50.0 Å². The van der Waals surface area contributed by atoms with Gasteiger partial charge in [0.2, 0.25) is 0 Å². The number of pyridine rings is 2. The highest BCUT2D eigenvalue weighted by atomic mass is 16.1. The lowest BCUT2D eigenvalue weighted by molar-refractivity contribution is 0.102. The summed E-state index contributed by atoms with van der Waals surface area (Å²) in [4.78, 5) is 27.2. The van der Waals surface area contributed by atoms with Crippen molar-refractivity contribution >= 4 is 28.3 Å². The summed E-state index contributed by atoms with van der Waals surface area (Å²) in [6, 6.07) is 11.4. The van der Waals surface area contributed by atoms with E-state index in [0.717, 1.165) is 27.8 Å². The normalized spacial score (nSPS) is 10.8. The number of benzene rings is 1. The van der Waals surface area contributed by atoms with Gasteiger partial charge < -0.3 is 14.8 Å². The van der Waals surface area contributed by atoms with Crippen molar-refractivity contribution in [2.45, 2.75) is 0 Å². The van der Waals surface area contributed by atoms with Crippen LogP contribution in [0.1, 0.15) is 10.4 Å². The molecule has 3 aromatic heterocycles. The molecule has 0 unspecified atom stereocenters. The Kier molecular flexibility index (Phi) is 4.49. The van der Waals surface area contributed by atoms with Crippen LogP contribution in [0.5, 0.6) is 0 Å². The van der Waals surface area contributed by atoms with Gasteiger partial charge in [0.25, 0.3) is 5.91 Å². The zero-order valence-electron chi connectivity index (χ0n) is 15.9.